The molecule has 1 amide bonds. The quantitative estimate of drug-likeness (QED) is 0.823. The fourth-order valence-electron chi connectivity index (χ4n) is 2.16. The summed E-state index contributed by atoms with van der Waals surface area (Å²) in [6.45, 7) is 7.63. The van der Waals surface area contributed by atoms with E-state index >= 15 is 0 Å². The van der Waals surface area contributed by atoms with Crippen LogP contribution in [0.4, 0.5) is 0 Å². The van der Waals surface area contributed by atoms with Gasteiger partial charge < -0.3 is 19.8 Å². The Kier molecular flexibility index (Phi) is 5.30. The summed E-state index contributed by atoms with van der Waals surface area (Å²) >= 11 is 0. The zero-order chi connectivity index (χ0) is 15.5. The summed E-state index contributed by atoms with van der Waals surface area (Å²) in [5.74, 6) is 0.0497. The van der Waals surface area contributed by atoms with E-state index in [1.165, 1.54) is 0 Å². The number of nitrogens with one attached hydrogen (secondary N) is 1. The zero-order valence-corrected chi connectivity index (χ0v) is 13.1. The van der Waals surface area contributed by atoms with Crippen LogP contribution in [0.2, 0.25) is 0 Å². The van der Waals surface area contributed by atoms with Gasteiger partial charge in [0.15, 0.2) is 11.5 Å². The Morgan fingerprint density at radius 2 is 2.15 bits per heavy atom. The first-order valence-corrected chi connectivity index (χ1v) is 6.82. The molecule has 6 heteroatoms. The SMILES string of the molecule is CCC(C)(C(C)NC(=O)c1noc(CO)c1C)N(C)C. The van der Waals surface area contributed by atoms with Gasteiger partial charge in [-0.05, 0) is 41.3 Å². The molecular formula is C14H25N3O3. The number of carbonyl (C=O) groups is 1. The van der Waals surface area contributed by atoms with Crippen LogP contribution in [0.3, 0.4) is 0 Å². The molecule has 1 aromatic rings. The van der Waals surface area contributed by atoms with Gasteiger partial charge in [0.1, 0.15) is 6.61 Å². The van der Waals surface area contributed by atoms with Gasteiger partial charge in [0.25, 0.3) is 5.91 Å². The molecule has 20 heavy (non-hydrogen) atoms. The Bertz CT molecular complexity index is 470. The monoisotopic (exact) mass is 283 g/mol. The number of amides is 1. The molecule has 0 saturated heterocycles. The van der Waals surface area contributed by atoms with Crippen molar-refractivity contribution in [2.24, 2.45) is 0 Å². The molecule has 0 fully saturated rings. The fraction of sp³-hybridized carbons (Fsp3) is 0.714. The van der Waals surface area contributed by atoms with Gasteiger partial charge in [-0.25, -0.2) is 0 Å². The summed E-state index contributed by atoms with van der Waals surface area (Å²) in [6.07, 6.45) is 0.904. The molecule has 2 N–H and O–H groups in total. The lowest BCUT2D eigenvalue weighted by Gasteiger charge is -2.41. The zero-order valence-electron chi connectivity index (χ0n) is 13.1. The molecule has 114 valence electrons. The molecule has 2 atom stereocenters. The molecular weight excluding hydrogens is 258 g/mol. The molecule has 0 aliphatic carbocycles. The van der Waals surface area contributed by atoms with E-state index in [2.05, 4.69) is 29.2 Å². The number of aliphatic hydroxyl groups is 1. The number of rotatable bonds is 6. The lowest BCUT2D eigenvalue weighted by molar-refractivity contribution is 0.0811. The minimum Gasteiger partial charge on any atom is -0.388 e. The van der Waals surface area contributed by atoms with Crippen LogP contribution in [0.25, 0.3) is 0 Å². The average Bonchev–Trinajstić information content (AvgIpc) is 2.78. The lowest BCUT2D eigenvalue weighted by atomic mass is 9.89. The maximum Gasteiger partial charge on any atom is 0.274 e. The summed E-state index contributed by atoms with van der Waals surface area (Å²) in [6, 6.07) is -0.0522. The van der Waals surface area contributed by atoms with Crippen LogP contribution >= 0.6 is 0 Å². The van der Waals surface area contributed by atoms with Gasteiger partial charge in [0.05, 0.1) is 0 Å². The van der Waals surface area contributed by atoms with E-state index in [1.54, 1.807) is 6.92 Å². The van der Waals surface area contributed by atoms with Crippen molar-refractivity contribution in [2.75, 3.05) is 14.1 Å². The molecule has 0 spiro atoms. The van der Waals surface area contributed by atoms with Gasteiger partial charge in [0, 0.05) is 17.1 Å². The smallest absolute Gasteiger partial charge is 0.274 e. The van der Waals surface area contributed by atoms with Gasteiger partial charge in [-0.15, -0.1) is 0 Å². The van der Waals surface area contributed by atoms with Crippen molar-refractivity contribution in [3.8, 4) is 0 Å². The summed E-state index contributed by atoms with van der Waals surface area (Å²) in [4.78, 5) is 14.4. The van der Waals surface area contributed by atoms with Crippen LogP contribution in [0, 0.1) is 6.92 Å². The van der Waals surface area contributed by atoms with E-state index in [1.807, 2.05) is 21.0 Å². The van der Waals surface area contributed by atoms with E-state index in [-0.39, 0.29) is 29.8 Å². The number of nitrogens with zero attached hydrogens (tertiary/aromatic N) is 2. The molecule has 0 saturated carbocycles. The highest BCUT2D eigenvalue weighted by molar-refractivity contribution is 5.93. The highest BCUT2D eigenvalue weighted by Gasteiger charge is 2.33. The van der Waals surface area contributed by atoms with Crippen LogP contribution in [-0.4, -0.2) is 46.7 Å². The Hall–Kier alpha value is -1.40. The third-order valence-corrected chi connectivity index (χ3v) is 4.40. The Balaban J connectivity index is 2.87. The van der Waals surface area contributed by atoms with Crippen molar-refractivity contribution in [1.82, 2.24) is 15.4 Å². The van der Waals surface area contributed by atoms with Gasteiger partial charge in [0.2, 0.25) is 0 Å². The maximum absolute atomic E-state index is 12.3. The van der Waals surface area contributed by atoms with Crippen LogP contribution in [0.1, 0.15) is 49.0 Å². The van der Waals surface area contributed by atoms with E-state index in [0.717, 1.165) is 6.42 Å². The molecule has 1 aromatic heterocycles. The van der Waals surface area contributed by atoms with E-state index in [0.29, 0.717) is 11.3 Å². The summed E-state index contributed by atoms with van der Waals surface area (Å²) in [7, 11) is 3.99. The van der Waals surface area contributed by atoms with E-state index in [4.69, 9.17) is 9.63 Å². The largest absolute Gasteiger partial charge is 0.388 e. The highest BCUT2D eigenvalue weighted by Crippen LogP contribution is 2.21. The molecule has 0 aliphatic rings. The molecule has 0 aromatic carbocycles. The number of hydrogen-bond donors (Lipinski definition) is 2. The maximum atomic E-state index is 12.3. The van der Waals surface area contributed by atoms with Crippen molar-refractivity contribution in [1.29, 1.82) is 0 Å². The number of aromatic nitrogens is 1. The second-order valence-corrected chi connectivity index (χ2v) is 5.54. The molecule has 1 heterocycles. The second kappa shape index (κ2) is 6.37. The van der Waals surface area contributed by atoms with Gasteiger partial charge in [-0.1, -0.05) is 12.1 Å². The first kappa shape index (κ1) is 16.7. The molecule has 0 aliphatic heterocycles. The van der Waals surface area contributed by atoms with Crippen molar-refractivity contribution in [3.63, 3.8) is 0 Å². The number of hydrogen-bond acceptors (Lipinski definition) is 5. The molecule has 6 nitrogen and oxygen atoms in total. The molecule has 1 rings (SSSR count). The Morgan fingerprint density at radius 3 is 2.55 bits per heavy atom. The first-order chi connectivity index (χ1) is 9.27. The first-order valence-electron chi connectivity index (χ1n) is 6.82. The number of carbonyl (C=O) groups excluding carboxylic acids is 1. The number of aliphatic hydroxyl groups excluding tert-OH is 1. The predicted octanol–water partition coefficient (Wildman–Crippen LogP) is 1.32. The topological polar surface area (TPSA) is 78.6 Å². The molecule has 2 unspecified atom stereocenters. The summed E-state index contributed by atoms with van der Waals surface area (Å²) in [5, 5.41) is 15.8. The molecule has 0 radical (unpaired) electrons. The standard InChI is InChI=1S/C14H25N3O3/c1-7-14(4,17(5)6)10(3)15-13(19)12-9(2)11(8-18)20-16-12/h10,18H,7-8H2,1-6H3,(H,15,19). The van der Waals surface area contributed by atoms with Crippen molar-refractivity contribution >= 4 is 5.91 Å². The highest BCUT2D eigenvalue weighted by atomic mass is 16.5. The van der Waals surface area contributed by atoms with E-state index in [9.17, 15) is 4.79 Å². The van der Waals surface area contributed by atoms with Crippen LogP contribution < -0.4 is 5.32 Å². The third-order valence-electron chi connectivity index (χ3n) is 4.40. The van der Waals surface area contributed by atoms with Gasteiger partial charge >= 0.3 is 0 Å². The normalized spacial score (nSPS) is 16.0. The summed E-state index contributed by atoms with van der Waals surface area (Å²) in [5.41, 5.74) is 0.672. The Morgan fingerprint density at radius 1 is 1.55 bits per heavy atom. The fourth-order valence-corrected chi connectivity index (χ4v) is 2.16. The van der Waals surface area contributed by atoms with Crippen LogP contribution in [0.15, 0.2) is 4.52 Å². The van der Waals surface area contributed by atoms with Crippen molar-refractivity contribution < 1.29 is 14.4 Å². The Labute approximate surface area is 120 Å². The predicted molar refractivity (Wildman–Crippen MR) is 76.5 cm³/mol. The second-order valence-electron chi connectivity index (χ2n) is 5.54. The minimum absolute atomic E-state index is 0.0522. The molecule has 0 bridgehead atoms. The third kappa shape index (κ3) is 3.02. The summed E-state index contributed by atoms with van der Waals surface area (Å²) < 4.78 is 4.94. The van der Waals surface area contributed by atoms with Crippen molar-refractivity contribution in [2.45, 2.75) is 52.3 Å². The van der Waals surface area contributed by atoms with Gasteiger partial charge in [-0.2, -0.15) is 0 Å². The van der Waals surface area contributed by atoms with Gasteiger partial charge in [-0.3, -0.25) is 4.79 Å². The van der Waals surface area contributed by atoms with Crippen LogP contribution in [-0.2, 0) is 6.61 Å². The van der Waals surface area contributed by atoms with E-state index < -0.39 is 0 Å². The average molecular weight is 283 g/mol. The van der Waals surface area contributed by atoms with Crippen molar-refractivity contribution in [3.05, 3.63) is 17.0 Å². The lowest BCUT2D eigenvalue weighted by Crippen LogP contribution is -2.56. The van der Waals surface area contributed by atoms with Crippen LogP contribution in [0.5, 0.6) is 0 Å². The number of likely N-dealkylation sites (N-methyl/N-ethyl adjacent to an activating group) is 1. The minimum atomic E-state index is -0.278.